The van der Waals surface area contributed by atoms with Crippen LogP contribution >= 0.6 is 0 Å². The highest BCUT2D eigenvalue weighted by Gasteiger charge is 2.42. The fourth-order valence-electron chi connectivity index (χ4n) is 4.36. The Morgan fingerprint density at radius 3 is 2.26 bits per heavy atom. The van der Waals surface area contributed by atoms with Gasteiger partial charge in [0.15, 0.2) is 0 Å². The molecule has 0 bridgehead atoms. The number of fused-ring (bicyclic) bond motifs is 1. The first-order chi connectivity index (χ1) is 16.2. The van der Waals surface area contributed by atoms with Crippen molar-refractivity contribution in [2.45, 2.75) is 56.4 Å². The maximum Gasteiger partial charge on any atom is 0.265 e. The molecule has 3 aromatic rings. The summed E-state index contributed by atoms with van der Waals surface area (Å²) in [5.41, 5.74) is 3.63. The van der Waals surface area contributed by atoms with Gasteiger partial charge in [-0.3, -0.25) is 9.10 Å². The summed E-state index contributed by atoms with van der Waals surface area (Å²) in [5.74, 6) is -0.265. The van der Waals surface area contributed by atoms with Crippen LogP contribution in [0.1, 0.15) is 43.9 Å². The molecule has 1 atom stereocenters. The lowest BCUT2D eigenvalue weighted by Gasteiger charge is -2.27. The first-order valence-electron chi connectivity index (χ1n) is 11.7. The number of anilines is 1. The highest BCUT2D eigenvalue weighted by Crippen LogP contribution is 2.37. The number of sulfonamides is 1. The second kappa shape index (κ2) is 9.63. The van der Waals surface area contributed by atoms with Crippen LogP contribution in [0.2, 0.25) is 0 Å². The van der Waals surface area contributed by atoms with Gasteiger partial charge in [0.1, 0.15) is 6.04 Å². The summed E-state index contributed by atoms with van der Waals surface area (Å²) in [5, 5.41) is 2.97. The van der Waals surface area contributed by atoms with E-state index in [1.807, 2.05) is 48.5 Å². The number of hydrogen-bond acceptors (Lipinski definition) is 3. The number of aryl methyl sites for hydroxylation is 1. The van der Waals surface area contributed by atoms with Crippen LogP contribution in [0.25, 0.3) is 0 Å². The van der Waals surface area contributed by atoms with Crippen LogP contribution in [-0.4, -0.2) is 26.9 Å². The second-order valence-electron chi connectivity index (χ2n) is 9.80. The second-order valence-corrected chi connectivity index (χ2v) is 11.6. The quantitative estimate of drug-likeness (QED) is 0.496. The van der Waals surface area contributed by atoms with Gasteiger partial charge in [-0.15, -0.1) is 0 Å². The topological polar surface area (TPSA) is 66.5 Å². The Labute approximate surface area is 202 Å². The molecular weight excluding hydrogens is 444 g/mol. The van der Waals surface area contributed by atoms with E-state index >= 15 is 0 Å². The van der Waals surface area contributed by atoms with Crippen molar-refractivity contribution in [3.8, 4) is 0 Å². The van der Waals surface area contributed by atoms with Crippen LogP contribution in [0.5, 0.6) is 0 Å². The number of amides is 1. The van der Waals surface area contributed by atoms with E-state index < -0.39 is 16.1 Å². The van der Waals surface area contributed by atoms with Gasteiger partial charge < -0.3 is 5.32 Å². The van der Waals surface area contributed by atoms with Crippen molar-refractivity contribution in [2.24, 2.45) is 0 Å². The van der Waals surface area contributed by atoms with Gasteiger partial charge in [-0.05, 0) is 53.1 Å². The van der Waals surface area contributed by atoms with Crippen molar-refractivity contribution in [3.63, 3.8) is 0 Å². The Balaban J connectivity index is 1.53. The highest BCUT2D eigenvalue weighted by atomic mass is 32.2. The predicted molar refractivity (Wildman–Crippen MR) is 137 cm³/mol. The van der Waals surface area contributed by atoms with Crippen LogP contribution in [0.3, 0.4) is 0 Å². The molecule has 1 aliphatic rings. The van der Waals surface area contributed by atoms with Crippen molar-refractivity contribution in [3.05, 3.63) is 95.6 Å². The fourth-order valence-corrected chi connectivity index (χ4v) is 6.01. The van der Waals surface area contributed by atoms with E-state index in [4.69, 9.17) is 0 Å². The van der Waals surface area contributed by atoms with E-state index in [0.717, 1.165) is 24.0 Å². The number of para-hydroxylation sites is 1. The van der Waals surface area contributed by atoms with Gasteiger partial charge >= 0.3 is 0 Å². The molecule has 1 amide bonds. The zero-order chi connectivity index (χ0) is 24.3. The average Bonchev–Trinajstić information content (AvgIpc) is 3.22. The van der Waals surface area contributed by atoms with E-state index in [1.54, 1.807) is 18.2 Å². The minimum atomic E-state index is -3.91. The maximum absolute atomic E-state index is 13.7. The van der Waals surface area contributed by atoms with Gasteiger partial charge in [-0.1, -0.05) is 81.4 Å². The summed E-state index contributed by atoms with van der Waals surface area (Å²) in [6, 6.07) is 23.7. The Kier molecular flexibility index (Phi) is 6.80. The Morgan fingerprint density at radius 1 is 0.941 bits per heavy atom. The number of carbonyl (C=O) groups excluding carboxylic acids is 1. The lowest BCUT2D eigenvalue weighted by Crippen LogP contribution is -2.48. The number of nitrogens with zero attached hydrogens (tertiary/aromatic N) is 1. The monoisotopic (exact) mass is 476 g/mol. The third-order valence-corrected chi connectivity index (χ3v) is 8.13. The molecule has 178 valence electrons. The number of rotatable bonds is 7. The molecular formula is C28H32N2O3S. The van der Waals surface area contributed by atoms with Gasteiger partial charge in [-0.25, -0.2) is 8.42 Å². The minimum absolute atomic E-state index is 0.0787. The molecule has 5 nitrogen and oxygen atoms in total. The predicted octanol–water partition coefficient (Wildman–Crippen LogP) is 4.85. The molecule has 0 radical (unpaired) electrons. The summed E-state index contributed by atoms with van der Waals surface area (Å²) in [6.45, 7) is 6.76. The molecule has 4 rings (SSSR count). The maximum atomic E-state index is 13.7. The summed E-state index contributed by atoms with van der Waals surface area (Å²) in [7, 11) is -3.91. The minimum Gasteiger partial charge on any atom is -0.354 e. The van der Waals surface area contributed by atoms with Gasteiger partial charge in [0, 0.05) is 13.0 Å². The molecule has 0 spiro atoms. The van der Waals surface area contributed by atoms with E-state index in [1.165, 1.54) is 9.87 Å². The lowest BCUT2D eigenvalue weighted by atomic mass is 9.87. The summed E-state index contributed by atoms with van der Waals surface area (Å²) in [6.07, 6.45) is 2.00. The summed E-state index contributed by atoms with van der Waals surface area (Å²) in [4.78, 5) is 13.4. The first-order valence-corrected chi connectivity index (χ1v) is 13.2. The molecule has 1 aliphatic heterocycles. The van der Waals surface area contributed by atoms with Gasteiger partial charge in [-0.2, -0.15) is 0 Å². The zero-order valence-electron chi connectivity index (χ0n) is 20.0. The van der Waals surface area contributed by atoms with E-state index in [9.17, 15) is 13.2 Å². The first kappa shape index (κ1) is 24.0. The molecule has 1 heterocycles. The smallest absolute Gasteiger partial charge is 0.265 e. The number of carbonyl (C=O) groups is 1. The van der Waals surface area contributed by atoms with Crippen molar-refractivity contribution in [2.75, 3.05) is 10.8 Å². The molecule has 6 heteroatoms. The van der Waals surface area contributed by atoms with Crippen molar-refractivity contribution in [1.82, 2.24) is 5.32 Å². The number of hydrogen-bond donors (Lipinski definition) is 1. The van der Waals surface area contributed by atoms with Crippen LogP contribution in [-0.2, 0) is 33.1 Å². The summed E-state index contributed by atoms with van der Waals surface area (Å²) >= 11 is 0. The molecule has 0 unspecified atom stereocenters. The van der Waals surface area contributed by atoms with E-state index in [0.29, 0.717) is 18.7 Å². The van der Waals surface area contributed by atoms with Crippen molar-refractivity contribution < 1.29 is 13.2 Å². The van der Waals surface area contributed by atoms with E-state index in [-0.39, 0.29) is 16.2 Å². The molecule has 3 aromatic carbocycles. The summed E-state index contributed by atoms with van der Waals surface area (Å²) < 4.78 is 28.8. The third-order valence-electron chi connectivity index (χ3n) is 6.29. The van der Waals surface area contributed by atoms with Crippen LogP contribution in [0.4, 0.5) is 5.69 Å². The van der Waals surface area contributed by atoms with Crippen LogP contribution in [0.15, 0.2) is 83.8 Å². The van der Waals surface area contributed by atoms with Crippen molar-refractivity contribution in [1.29, 1.82) is 0 Å². The van der Waals surface area contributed by atoms with Gasteiger partial charge in [0.05, 0.1) is 10.6 Å². The van der Waals surface area contributed by atoms with Crippen LogP contribution < -0.4 is 9.62 Å². The molecule has 0 saturated carbocycles. The van der Waals surface area contributed by atoms with Crippen molar-refractivity contribution >= 4 is 21.6 Å². The van der Waals surface area contributed by atoms with Crippen LogP contribution in [0, 0.1) is 0 Å². The SMILES string of the molecule is CC(C)(C)c1ccc(S(=O)(=O)N2c3ccccc3C[C@H]2C(=O)NCCCc2ccccc2)cc1. The third kappa shape index (κ3) is 5.02. The van der Waals surface area contributed by atoms with E-state index in [2.05, 4.69) is 38.2 Å². The standard InChI is InChI=1S/C28H32N2O3S/c1-28(2,3)23-15-17-24(18-16-23)34(32,33)30-25-14-8-7-13-22(25)20-26(30)27(31)29-19-9-12-21-10-5-4-6-11-21/h4-8,10-11,13-18,26H,9,12,19-20H2,1-3H3,(H,29,31)/t26-/m0/s1. The molecule has 0 aromatic heterocycles. The highest BCUT2D eigenvalue weighted by molar-refractivity contribution is 7.93. The molecule has 0 saturated heterocycles. The molecule has 0 aliphatic carbocycles. The Hall–Kier alpha value is -3.12. The Bertz CT molecular complexity index is 1250. The fraction of sp³-hybridized carbons (Fsp3) is 0.321. The Morgan fingerprint density at radius 2 is 1.59 bits per heavy atom. The van der Waals surface area contributed by atoms with Gasteiger partial charge in [0.25, 0.3) is 10.0 Å². The number of benzene rings is 3. The molecule has 0 fully saturated rings. The average molecular weight is 477 g/mol. The molecule has 1 N–H and O–H groups in total. The lowest BCUT2D eigenvalue weighted by molar-refractivity contribution is -0.122. The normalized spacial score (nSPS) is 15.7. The number of nitrogens with one attached hydrogen (secondary N) is 1. The molecule has 34 heavy (non-hydrogen) atoms. The zero-order valence-corrected chi connectivity index (χ0v) is 20.8. The van der Waals surface area contributed by atoms with Gasteiger partial charge in [0.2, 0.25) is 5.91 Å². The largest absolute Gasteiger partial charge is 0.354 e.